The molecular weight excluding hydrogens is 144 g/mol. The van der Waals surface area contributed by atoms with E-state index in [1.807, 2.05) is 0 Å². The van der Waals surface area contributed by atoms with Gasteiger partial charge in [-0.25, -0.2) is 4.79 Å². The van der Waals surface area contributed by atoms with E-state index in [0.29, 0.717) is 5.41 Å². The molecule has 1 aliphatic carbocycles. The lowest BCUT2D eigenvalue weighted by atomic mass is 9.60. The Bertz CT molecular complexity index is 183. The van der Waals surface area contributed by atoms with Crippen LogP contribution in [0.2, 0.25) is 0 Å². The van der Waals surface area contributed by atoms with Crippen LogP contribution in [-0.2, 0) is 0 Å². The lowest BCUT2D eigenvalue weighted by Gasteiger charge is -2.55. The lowest BCUT2D eigenvalue weighted by molar-refractivity contribution is 0.0104. The monoisotopic (exact) mass is 156 g/mol. The Morgan fingerprint density at radius 2 is 2.36 bits per heavy atom. The summed E-state index contributed by atoms with van der Waals surface area (Å²) in [5, 5.41) is 14.2. The second-order valence-electron chi connectivity index (χ2n) is 3.51. The SMILES string of the molecule is O=C(O)N[C@H]1CCC12CNC2. The number of carbonyl (C=O) groups is 1. The van der Waals surface area contributed by atoms with Gasteiger partial charge >= 0.3 is 6.09 Å². The molecule has 3 N–H and O–H groups in total. The molecule has 0 aromatic heterocycles. The van der Waals surface area contributed by atoms with Crippen molar-refractivity contribution in [3.63, 3.8) is 0 Å². The van der Waals surface area contributed by atoms with Gasteiger partial charge in [-0.05, 0) is 12.8 Å². The zero-order chi connectivity index (χ0) is 7.90. The first-order valence-electron chi connectivity index (χ1n) is 3.93. The first kappa shape index (κ1) is 6.91. The summed E-state index contributed by atoms with van der Waals surface area (Å²) >= 11 is 0. The molecule has 0 aromatic carbocycles. The zero-order valence-corrected chi connectivity index (χ0v) is 6.26. The number of hydrogen-bond acceptors (Lipinski definition) is 2. The van der Waals surface area contributed by atoms with Crippen molar-refractivity contribution in [2.24, 2.45) is 5.41 Å². The molecule has 0 aromatic rings. The molecule has 1 heterocycles. The van der Waals surface area contributed by atoms with E-state index in [2.05, 4.69) is 10.6 Å². The molecule has 2 aliphatic rings. The average molecular weight is 156 g/mol. The van der Waals surface area contributed by atoms with Crippen molar-refractivity contribution in [2.45, 2.75) is 18.9 Å². The predicted octanol–water partition coefficient (Wildman–Crippen LogP) is 0.00600. The summed E-state index contributed by atoms with van der Waals surface area (Å²) in [4.78, 5) is 10.3. The molecule has 4 heteroatoms. The molecule has 62 valence electrons. The molecule has 1 aliphatic heterocycles. The molecule has 1 spiro atoms. The van der Waals surface area contributed by atoms with Crippen LogP contribution in [0.25, 0.3) is 0 Å². The van der Waals surface area contributed by atoms with E-state index >= 15 is 0 Å². The van der Waals surface area contributed by atoms with Crippen LogP contribution < -0.4 is 10.6 Å². The fourth-order valence-electron chi connectivity index (χ4n) is 1.94. The van der Waals surface area contributed by atoms with Gasteiger partial charge in [0, 0.05) is 24.5 Å². The third-order valence-electron chi connectivity index (χ3n) is 2.92. The summed E-state index contributed by atoms with van der Waals surface area (Å²) in [6.07, 6.45) is 1.29. The van der Waals surface area contributed by atoms with Gasteiger partial charge in [-0.1, -0.05) is 0 Å². The van der Waals surface area contributed by atoms with Crippen LogP contribution in [0.5, 0.6) is 0 Å². The summed E-state index contributed by atoms with van der Waals surface area (Å²) in [5.74, 6) is 0. The fourth-order valence-corrected chi connectivity index (χ4v) is 1.94. The first-order chi connectivity index (χ1) is 5.23. The van der Waals surface area contributed by atoms with Crippen molar-refractivity contribution in [1.29, 1.82) is 0 Å². The first-order valence-corrected chi connectivity index (χ1v) is 3.93. The maximum Gasteiger partial charge on any atom is 0.404 e. The highest BCUT2D eigenvalue weighted by atomic mass is 16.4. The molecular formula is C7H12N2O2. The van der Waals surface area contributed by atoms with E-state index in [1.165, 1.54) is 6.42 Å². The van der Waals surface area contributed by atoms with E-state index in [-0.39, 0.29) is 6.04 Å². The standard InChI is InChI=1S/C7H12N2O2/c10-6(11)9-5-1-2-7(5)3-8-4-7/h5,8-9H,1-4H2,(H,10,11)/t5-/m0/s1. The molecule has 2 rings (SSSR count). The van der Waals surface area contributed by atoms with E-state index in [1.54, 1.807) is 0 Å². The van der Waals surface area contributed by atoms with Crippen LogP contribution in [0.4, 0.5) is 4.79 Å². The highest BCUT2D eigenvalue weighted by Crippen LogP contribution is 2.44. The normalized spacial score (nSPS) is 32.2. The average Bonchev–Trinajstić information content (AvgIpc) is 1.76. The fraction of sp³-hybridized carbons (Fsp3) is 0.857. The van der Waals surface area contributed by atoms with Crippen molar-refractivity contribution in [3.05, 3.63) is 0 Å². The molecule has 1 saturated heterocycles. The van der Waals surface area contributed by atoms with E-state index in [0.717, 1.165) is 19.5 Å². The third kappa shape index (κ3) is 0.894. The van der Waals surface area contributed by atoms with Crippen LogP contribution >= 0.6 is 0 Å². The van der Waals surface area contributed by atoms with Gasteiger partial charge in [0.15, 0.2) is 0 Å². The minimum absolute atomic E-state index is 0.209. The summed E-state index contributed by atoms with van der Waals surface area (Å²) in [5.41, 5.74) is 0.290. The lowest BCUT2D eigenvalue weighted by Crippen LogP contribution is -2.69. The second kappa shape index (κ2) is 2.11. The summed E-state index contributed by atoms with van der Waals surface area (Å²) in [7, 11) is 0. The van der Waals surface area contributed by atoms with Gasteiger partial charge in [-0.2, -0.15) is 0 Å². The molecule has 11 heavy (non-hydrogen) atoms. The van der Waals surface area contributed by atoms with E-state index < -0.39 is 6.09 Å². The summed E-state index contributed by atoms with van der Waals surface area (Å²) in [6.45, 7) is 1.97. The van der Waals surface area contributed by atoms with Crippen LogP contribution in [0.3, 0.4) is 0 Å². The Balaban J connectivity index is 1.90. The number of nitrogens with one attached hydrogen (secondary N) is 2. The van der Waals surface area contributed by atoms with Gasteiger partial charge in [0.2, 0.25) is 0 Å². The van der Waals surface area contributed by atoms with Crippen molar-refractivity contribution >= 4 is 6.09 Å². The van der Waals surface area contributed by atoms with Crippen molar-refractivity contribution in [1.82, 2.24) is 10.6 Å². The zero-order valence-electron chi connectivity index (χ0n) is 6.26. The Kier molecular flexibility index (Phi) is 1.32. The van der Waals surface area contributed by atoms with Gasteiger partial charge in [0.05, 0.1) is 0 Å². The Morgan fingerprint density at radius 3 is 2.64 bits per heavy atom. The maximum absolute atomic E-state index is 10.3. The van der Waals surface area contributed by atoms with E-state index in [4.69, 9.17) is 5.11 Å². The molecule has 1 saturated carbocycles. The molecule has 2 fully saturated rings. The summed E-state index contributed by atoms with van der Waals surface area (Å²) < 4.78 is 0. The third-order valence-corrected chi connectivity index (χ3v) is 2.92. The number of hydrogen-bond donors (Lipinski definition) is 3. The molecule has 1 amide bonds. The van der Waals surface area contributed by atoms with E-state index in [9.17, 15) is 4.79 Å². The number of amides is 1. The van der Waals surface area contributed by atoms with Gasteiger partial charge in [0.25, 0.3) is 0 Å². The van der Waals surface area contributed by atoms with Gasteiger partial charge in [0.1, 0.15) is 0 Å². The quantitative estimate of drug-likeness (QED) is 0.501. The molecule has 0 bridgehead atoms. The van der Waals surface area contributed by atoms with Crippen molar-refractivity contribution in [2.75, 3.05) is 13.1 Å². The second-order valence-corrected chi connectivity index (χ2v) is 3.51. The van der Waals surface area contributed by atoms with Gasteiger partial charge in [-0.15, -0.1) is 0 Å². The van der Waals surface area contributed by atoms with Crippen LogP contribution in [0, 0.1) is 5.41 Å². The van der Waals surface area contributed by atoms with Crippen LogP contribution in [0.15, 0.2) is 0 Å². The topological polar surface area (TPSA) is 61.4 Å². The number of carboxylic acid groups (broad SMARTS) is 1. The molecule has 4 nitrogen and oxygen atoms in total. The molecule has 1 atom stereocenters. The highest BCUT2D eigenvalue weighted by Gasteiger charge is 2.51. The Labute approximate surface area is 65.0 Å². The van der Waals surface area contributed by atoms with Gasteiger partial charge in [-0.3, -0.25) is 0 Å². The van der Waals surface area contributed by atoms with Crippen LogP contribution in [-0.4, -0.2) is 30.3 Å². The molecule has 0 unspecified atom stereocenters. The maximum atomic E-state index is 10.3. The number of rotatable bonds is 1. The summed E-state index contributed by atoms with van der Waals surface area (Å²) in [6, 6.07) is 0.209. The van der Waals surface area contributed by atoms with Crippen molar-refractivity contribution in [3.8, 4) is 0 Å². The largest absolute Gasteiger partial charge is 0.465 e. The smallest absolute Gasteiger partial charge is 0.404 e. The van der Waals surface area contributed by atoms with Crippen molar-refractivity contribution < 1.29 is 9.90 Å². The van der Waals surface area contributed by atoms with Crippen LogP contribution in [0.1, 0.15) is 12.8 Å². The Hall–Kier alpha value is -0.770. The minimum Gasteiger partial charge on any atom is -0.465 e. The highest BCUT2D eigenvalue weighted by molar-refractivity contribution is 5.65. The van der Waals surface area contributed by atoms with Gasteiger partial charge < -0.3 is 15.7 Å². The minimum atomic E-state index is -0.888. The molecule has 0 radical (unpaired) electrons. The Morgan fingerprint density at radius 1 is 1.64 bits per heavy atom. The predicted molar refractivity (Wildman–Crippen MR) is 39.5 cm³/mol.